The summed E-state index contributed by atoms with van der Waals surface area (Å²) in [6.07, 6.45) is 2.39. The molecule has 1 aromatic rings. The Labute approximate surface area is 83.3 Å². The maximum atomic E-state index is 8.51. The van der Waals surface area contributed by atoms with E-state index in [1.165, 1.54) is 0 Å². The van der Waals surface area contributed by atoms with E-state index >= 15 is 0 Å². The molecule has 0 aliphatic heterocycles. The van der Waals surface area contributed by atoms with Crippen molar-refractivity contribution in [1.29, 1.82) is 5.26 Å². The van der Waals surface area contributed by atoms with Crippen molar-refractivity contribution in [3.8, 4) is 6.07 Å². The van der Waals surface area contributed by atoms with E-state index in [-0.39, 0.29) is 11.4 Å². The minimum absolute atomic E-state index is 0.168. The summed E-state index contributed by atoms with van der Waals surface area (Å²) in [5.41, 5.74) is -0.168. The highest BCUT2D eigenvalue weighted by Gasteiger charge is 2.16. The van der Waals surface area contributed by atoms with Crippen LogP contribution in [0.3, 0.4) is 0 Å². The van der Waals surface area contributed by atoms with Gasteiger partial charge in [0.25, 0.3) is 5.82 Å². The number of hydrogen-bond donors (Lipinski definition) is 0. The van der Waals surface area contributed by atoms with Crippen LogP contribution < -0.4 is 0 Å². The summed E-state index contributed by atoms with van der Waals surface area (Å²) < 4.78 is 6.92. The molecule has 0 saturated heterocycles. The first-order valence-corrected chi connectivity index (χ1v) is 4.42. The van der Waals surface area contributed by atoms with Gasteiger partial charge in [-0.3, -0.25) is 4.68 Å². The monoisotopic (exact) mass is 194 g/mol. The molecule has 1 rings (SSSR count). The molecule has 0 aliphatic carbocycles. The molecule has 0 spiro atoms. The Morgan fingerprint density at radius 1 is 1.64 bits per heavy atom. The first-order chi connectivity index (χ1) is 6.57. The summed E-state index contributed by atoms with van der Waals surface area (Å²) in [4.78, 5) is 3.81. The molecule has 14 heavy (non-hydrogen) atoms. The third kappa shape index (κ3) is 2.82. The minimum atomic E-state index is -0.168. The second-order valence-corrected chi connectivity index (χ2v) is 3.66. The second-order valence-electron chi connectivity index (χ2n) is 3.66. The summed E-state index contributed by atoms with van der Waals surface area (Å²) in [6, 6.07) is 1.88. The average molecular weight is 194 g/mol. The van der Waals surface area contributed by atoms with Gasteiger partial charge in [-0.05, 0) is 20.3 Å². The van der Waals surface area contributed by atoms with E-state index in [4.69, 9.17) is 10.00 Å². The predicted octanol–water partition coefficient (Wildman–Crippen LogP) is 0.965. The van der Waals surface area contributed by atoms with Gasteiger partial charge in [0.1, 0.15) is 12.4 Å². The van der Waals surface area contributed by atoms with Crippen molar-refractivity contribution in [1.82, 2.24) is 14.8 Å². The number of rotatable bonds is 4. The maximum absolute atomic E-state index is 8.51. The molecule has 0 atom stereocenters. The van der Waals surface area contributed by atoms with Gasteiger partial charge in [0.15, 0.2) is 0 Å². The maximum Gasteiger partial charge on any atom is 0.252 e. The lowest BCUT2D eigenvalue weighted by Crippen LogP contribution is -2.24. The number of aromatic nitrogens is 3. The van der Waals surface area contributed by atoms with Gasteiger partial charge in [-0.15, -0.1) is 5.10 Å². The van der Waals surface area contributed by atoms with Crippen LogP contribution in [0.25, 0.3) is 0 Å². The third-order valence-electron chi connectivity index (χ3n) is 2.13. The van der Waals surface area contributed by atoms with Crippen molar-refractivity contribution in [2.45, 2.75) is 32.4 Å². The van der Waals surface area contributed by atoms with E-state index in [1.807, 2.05) is 19.9 Å². The zero-order valence-electron chi connectivity index (χ0n) is 8.69. The fourth-order valence-electron chi connectivity index (χ4n) is 0.939. The zero-order chi connectivity index (χ0) is 10.6. The third-order valence-corrected chi connectivity index (χ3v) is 2.13. The van der Waals surface area contributed by atoms with Crippen LogP contribution >= 0.6 is 0 Å². The Bertz CT molecular complexity index is 337. The standard InChI is InChI=1S/C9H14N4O/c1-9(2,14-3)4-5-13-7-11-8(6-10)12-13/h7H,4-5H2,1-3H3. The number of nitriles is 1. The highest BCUT2D eigenvalue weighted by atomic mass is 16.5. The lowest BCUT2D eigenvalue weighted by Gasteiger charge is -2.22. The summed E-state index contributed by atoms with van der Waals surface area (Å²) in [7, 11) is 1.68. The van der Waals surface area contributed by atoms with Crippen molar-refractivity contribution in [3.05, 3.63) is 12.2 Å². The molecular weight excluding hydrogens is 180 g/mol. The van der Waals surface area contributed by atoms with Crippen molar-refractivity contribution in [2.75, 3.05) is 7.11 Å². The Hall–Kier alpha value is -1.41. The van der Waals surface area contributed by atoms with Crippen molar-refractivity contribution >= 4 is 0 Å². The number of nitrogens with zero attached hydrogens (tertiary/aromatic N) is 4. The van der Waals surface area contributed by atoms with Gasteiger partial charge in [0, 0.05) is 13.7 Å². The summed E-state index contributed by atoms with van der Waals surface area (Å²) in [5, 5.41) is 12.5. The van der Waals surface area contributed by atoms with Gasteiger partial charge in [-0.1, -0.05) is 0 Å². The molecule has 5 nitrogen and oxygen atoms in total. The first kappa shape index (κ1) is 10.7. The second kappa shape index (κ2) is 4.20. The number of ether oxygens (including phenoxy) is 1. The van der Waals surface area contributed by atoms with E-state index in [0.717, 1.165) is 6.42 Å². The van der Waals surface area contributed by atoms with E-state index in [0.29, 0.717) is 6.54 Å². The first-order valence-electron chi connectivity index (χ1n) is 4.42. The van der Waals surface area contributed by atoms with Gasteiger partial charge in [0.2, 0.25) is 0 Å². The predicted molar refractivity (Wildman–Crippen MR) is 50.4 cm³/mol. The molecular formula is C9H14N4O. The molecule has 1 heterocycles. The Morgan fingerprint density at radius 3 is 2.86 bits per heavy atom. The number of hydrogen-bond acceptors (Lipinski definition) is 4. The van der Waals surface area contributed by atoms with E-state index in [2.05, 4.69) is 10.1 Å². The molecule has 0 amide bonds. The van der Waals surface area contributed by atoms with Crippen LogP contribution in [-0.4, -0.2) is 27.5 Å². The SMILES string of the molecule is COC(C)(C)CCn1cnc(C#N)n1. The summed E-state index contributed by atoms with van der Waals surface area (Å²) in [5.74, 6) is 0.209. The Kier molecular flexibility index (Phi) is 3.20. The van der Waals surface area contributed by atoms with Crippen molar-refractivity contribution < 1.29 is 4.74 Å². The van der Waals surface area contributed by atoms with Crippen molar-refractivity contribution in [2.24, 2.45) is 0 Å². The van der Waals surface area contributed by atoms with Gasteiger partial charge in [-0.25, -0.2) is 4.98 Å². The fourth-order valence-corrected chi connectivity index (χ4v) is 0.939. The van der Waals surface area contributed by atoms with E-state index in [9.17, 15) is 0 Å². The molecule has 76 valence electrons. The van der Waals surface area contributed by atoms with Gasteiger partial charge in [0.05, 0.1) is 5.60 Å². The normalized spacial score (nSPS) is 11.3. The van der Waals surface area contributed by atoms with Crippen LogP contribution in [0.2, 0.25) is 0 Å². The summed E-state index contributed by atoms with van der Waals surface area (Å²) >= 11 is 0. The van der Waals surface area contributed by atoms with Gasteiger partial charge in [-0.2, -0.15) is 5.26 Å². The van der Waals surface area contributed by atoms with Crippen LogP contribution in [0.4, 0.5) is 0 Å². The molecule has 0 aliphatic rings. The zero-order valence-corrected chi connectivity index (χ0v) is 8.69. The topological polar surface area (TPSA) is 63.7 Å². The molecule has 5 heteroatoms. The average Bonchev–Trinajstić information content (AvgIpc) is 2.63. The molecule has 0 fully saturated rings. The fraction of sp³-hybridized carbons (Fsp3) is 0.667. The summed E-state index contributed by atoms with van der Waals surface area (Å²) in [6.45, 7) is 4.72. The smallest absolute Gasteiger partial charge is 0.252 e. The number of methoxy groups -OCH3 is 1. The van der Waals surface area contributed by atoms with Crippen LogP contribution in [0.1, 0.15) is 26.1 Å². The Balaban J connectivity index is 2.50. The molecule has 1 aromatic heterocycles. The van der Waals surface area contributed by atoms with Crippen LogP contribution in [0.15, 0.2) is 6.33 Å². The highest BCUT2D eigenvalue weighted by molar-refractivity contribution is 5.05. The lowest BCUT2D eigenvalue weighted by atomic mass is 10.1. The largest absolute Gasteiger partial charge is 0.379 e. The molecule has 0 unspecified atom stereocenters. The molecule has 0 saturated carbocycles. The van der Waals surface area contributed by atoms with Crippen LogP contribution in [0.5, 0.6) is 0 Å². The molecule has 0 aromatic carbocycles. The molecule has 0 radical (unpaired) electrons. The van der Waals surface area contributed by atoms with Crippen molar-refractivity contribution in [3.63, 3.8) is 0 Å². The minimum Gasteiger partial charge on any atom is -0.379 e. The van der Waals surface area contributed by atoms with Crippen LogP contribution in [-0.2, 0) is 11.3 Å². The quantitative estimate of drug-likeness (QED) is 0.716. The molecule has 0 bridgehead atoms. The number of aryl methyl sites for hydroxylation is 1. The lowest BCUT2D eigenvalue weighted by molar-refractivity contribution is 0.0113. The Morgan fingerprint density at radius 2 is 2.36 bits per heavy atom. The van der Waals surface area contributed by atoms with Gasteiger partial charge >= 0.3 is 0 Å². The highest BCUT2D eigenvalue weighted by Crippen LogP contribution is 2.13. The molecule has 0 N–H and O–H groups in total. The van der Waals surface area contributed by atoms with Gasteiger partial charge < -0.3 is 4.74 Å². The van der Waals surface area contributed by atoms with E-state index < -0.39 is 0 Å². The van der Waals surface area contributed by atoms with Crippen LogP contribution in [0, 0.1) is 11.3 Å². The van der Waals surface area contributed by atoms with E-state index in [1.54, 1.807) is 18.1 Å².